The highest BCUT2D eigenvalue weighted by atomic mass is 127. The summed E-state index contributed by atoms with van der Waals surface area (Å²) in [7, 11) is -2.06. The van der Waals surface area contributed by atoms with Crippen LogP contribution >= 0.6 is 22.6 Å². The standard InChI is InChI=1S/C20H23IN2O3S/c1-22(17-7-5-6-8-17)20(24)15-23(18-13-11-16(21)12-14-18)27(25,26)19-9-3-2-4-10-19/h2-4,9-14,17H,5-8,15H2,1H3. The van der Waals surface area contributed by atoms with E-state index in [2.05, 4.69) is 22.6 Å². The molecule has 144 valence electrons. The highest BCUT2D eigenvalue weighted by molar-refractivity contribution is 14.1. The van der Waals surface area contributed by atoms with Gasteiger partial charge in [0.05, 0.1) is 10.6 Å². The molecule has 27 heavy (non-hydrogen) atoms. The fraction of sp³-hybridized carbons (Fsp3) is 0.350. The van der Waals surface area contributed by atoms with E-state index in [9.17, 15) is 13.2 Å². The second-order valence-electron chi connectivity index (χ2n) is 6.74. The molecule has 0 unspecified atom stereocenters. The summed E-state index contributed by atoms with van der Waals surface area (Å²) in [5, 5.41) is 0. The van der Waals surface area contributed by atoms with Crippen molar-refractivity contribution in [2.75, 3.05) is 17.9 Å². The third kappa shape index (κ3) is 4.63. The van der Waals surface area contributed by atoms with Crippen molar-refractivity contribution >= 4 is 44.2 Å². The smallest absolute Gasteiger partial charge is 0.264 e. The highest BCUT2D eigenvalue weighted by Gasteiger charge is 2.30. The van der Waals surface area contributed by atoms with Crippen LogP contribution in [0.15, 0.2) is 59.5 Å². The number of carbonyl (C=O) groups excluding carboxylic acids is 1. The summed E-state index contributed by atoms with van der Waals surface area (Å²) in [6, 6.07) is 15.6. The second kappa shape index (κ2) is 8.60. The number of nitrogens with zero attached hydrogens (tertiary/aromatic N) is 2. The largest absolute Gasteiger partial charge is 0.341 e. The van der Waals surface area contributed by atoms with E-state index in [1.165, 1.54) is 4.31 Å². The van der Waals surface area contributed by atoms with Crippen molar-refractivity contribution < 1.29 is 13.2 Å². The van der Waals surface area contributed by atoms with Crippen molar-refractivity contribution in [3.63, 3.8) is 0 Å². The van der Waals surface area contributed by atoms with Crippen LogP contribution in [0.3, 0.4) is 0 Å². The molecular weight excluding hydrogens is 475 g/mol. The van der Waals surface area contributed by atoms with Crippen molar-refractivity contribution in [1.82, 2.24) is 4.90 Å². The molecule has 5 nitrogen and oxygen atoms in total. The Kier molecular flexibility index (Phi) is 6.41. The van der Waals surface area contributed by atoms with Gasteiger partial charge in [0.1, 0.15) is 6.54 Å². The van der Waals surface area contributed by atoms with Crippen LogP contribution < -0.4 is 4.31 Å². The summed E-state index contributed by atoms with van der Waals surface area (Å²) in [6.45, 7) is -0.204. The number of sulfonamides is 1. The van der Waals surface area contributed by atoms with Gasteiger partial charge in [-0.1, -0.05) is 31.0 Å². The zero-order valence-corrected chi connectivity index (χ0v) is 18.2. The highest BCUT2D eigenvalue weighted by Crippen LogP contribution is 2.26. The summed E-state index contributed by atoms with van der Waals surface area (Å²) in [4.78, 5) is 14.8. The van der Waals surface area contributed by atoms with E-state index in [1.807, 2.05) is 12.1 Å². The van der Waals surface area contributed by atoms with Crippen LogP contribution in [-0.4, -0.2) is 38.9 Å². The number of benzene rings is 2. The van der Waals surface area contributed by atoms with Gasteiger partial charge < -0.3 is 4.90 Å². The molecule has 3 rings (SSSR count). The topological polar surface area (TPSA) is 57.7 Å². The van der Waals surface area contributed by atoms with Crippen molar-refractivity contribution in [1.29, 1.82) is 0 Å². The predicted molar refractivity (Wildman–Crippen MR) is 115 cm³/mol. The van der Waals surface area contributed by atoms with Gasteiger partial charge in [-0.05, 0) is 71.8 Å². The quantitative estimate of drug-likeness (QED) is 0.568. The van der Waals surface area contributed by atoms with Crippen LogP contribution in [-0.2, 0) is 14.8 Å². The third-order valence-electron chi connectivity index (χ3n) is 4.99. The number of carbonyl (C=O) groups is 1. The number of hydrogen-bond donors (Lipinski definition) is 0. The molecule has 2 aromatic rings. The van der Waals surface area contributed by atoms with Gasteiger partial charge in [-0.15, -0.1) is 0 Å². The Morgan fingerprint density at radius 3 is 2.22 bits per heavy atom. The molecule has 0 atom stereocenters. The normalized spacial score (nSPS) is 14.9. The molecule has 0 heterocycles. The van der Waals surface area contributed by atoms with Crippen LogP contribution in [0.25, 0.3) is 0 Å². The summed E-state index contributed by atoms with van der Waals surface area (Å²) < 4.78 is 28.7. The molecular formula is C20H23IN2O3S. The summed E-state index contributed by atoms with van der Waals surface area (Å²) in [5.41, 5.74) is 0.493. The molecule has 0 N–H and O–H groups in total. The first-order valence-corrected chi connectivity index (χ1v) is 11.5. The Bertz CT molecular complexity index is 879. The van der Waals surface area contributed by atoms with E-state index < -0.39 is 10.0 Å². The van der Waals surface area contributed by atoms with Crippen molar-refractivity contribution in [3.05, 3.63) is 58.2 Å². The summed E-state index contributed by atoms with van der Waals surface area (Å²) >= 11 is 2.17. The van der Waals surface area contributed by atoms with Crippen LogP contribution in [0.2, 0.25) is 0 Å². The monoisotopic (exact) mass is 498 g/mol. The lowest BCUT2D eigenvalue weighted by molar-refractivity contribution is -0.130. The fourth-order valence-corrected chi connectivity index (χ4v) is 5.17. The van der Waals surface area contributed by atoms with Crippen LogP contribution in [0.1, 0.15) is 25.7 Å². The van der Waals surface area contributed by atoms with Gasteiger partial charge in [0.2, 0.25) is 5.91 Å². The number of hydrogen-bond acceptors (Lipinski definition) is 3. The zero-order chi connectivity index (χ0) is 19.4. The van der Waals surface area contributed by atoms with Gasteiger partial charge in [-0.25, -0.2) is 8.42 Å². The van der Waals surface area contributed by atoms with E-state index in [0.29, 0.717) is 5.69 Å². The van der Waals surface area contributed by atoms with Gasteiger partial charge in [-0.3, -0.25) is 9.10 Å². The Morgan fingerprint density at radius 1 is 1.04 bits per heavy atom. The molecule has 1 saturated carbocycles. The lowest BCUT2D eigenvalue weighted by atomic mass is 10.2. The van der Waals surface area contributed by atoms with Gasteiger partial charge in [0.15, 0.2) is 0 Å². The molecule has 0 spiro atoms. The molecule has 0 aromatic heterocycles. The molecule has 1 fully saturated rings. The molecule has 0 aliphatic heterocycles. The minimum absolute atomic E-state index is 0.180. The minimum atomic E-state index is -3.84. The van der Waals surface area contributed by atoms with E-state index in [0.717, 1.165) is 29.3 Å². The molecule has 0 radical (unpaired) electrons. The number of halogens is 1. The molecule has 2 aromatic carbocycles. The van der Waals surface area contributed by atoms with Crippen molar-refractivity contribution in [2.24, 2.45) is 0 Å². The van der Waals surface area contributed by atoms with E-state index in [1.54, 1.807) is 54.4 Å². The molecule has 1 aliphatic carbocycles. The summed E-state index contributed by atoms with van der Waals surface area (Å²) in [6.07, 6.45) is 4.20. The molecule has 1 amide bonds. The van der Waals surface area contributed by atoms with Crippen molar-refractivity contribution in [2.45, 2.75) is 36.6 Å². The Labute approximate surface area is 174 Å². The van der Waals surface area contributed by atoms with Crippen LogP contribution in [0.4, 0.5) is 5.69 Å². The first-order chi connectivity index (χ1) is 12.9. The Hall–Kier alpha value is -1.61. The SMILES string of the molecule is CN(C(=O)CN(c1ccc(I)cc1)S(=O)(=O)c1ccccc1)C1CCCC1. The summed E-state index contributed by atoms with van der Waals surface area (Å²) in [5.74, 6) is -0.181. The third-order valence-corrected chi connectivity index (χ3v) is 7.50. The van der Waals surface area contributed by atoms with Gasteiger partial charge in [0, 0.05) is 16.7 Å². The number of amides is 1. The second-order valence-corrected chi connectivity index (χ2v) is 9.85. The predicted octanol–water partition coefficient (Wildman–Crippen LogP) is 3.89. The lowest BCUT2D eigenvalue weighted by Crippen LogP contribution is -2.44. The van der Waals surface area contributed by atoms with Crippen LogP contribution in [0, 0.1) is 3.57 Å². The molecule has 1 aliphatic rings. The Balaban J connectivity index is 1.92. The zero-order valence-electron chi connectivity index (χ0n) is 15.2. The van der Waals surface area contributed by atoms with E-state index in [-0.39, 0.29) is 23.4 Å². The lowest BCUT2D eigenvalue weighted by Gasteiger charge is -2.29. The number of rotatable bonds is 6. The molecule has 7 heteroatoms. The van der Waals surface area contributed by atoms with Gasteiger partial charge >= 0.3 is 0 Å². The Morgan fingerprint density at radius 2 is 1.63 bits per heavy atom. The maximum Gasteiger partial charge on any atom is 0.264 e. The van der Waals surface area contributed by atoms with E-state index >= 15 is 0 Å². The minimum Gasteiger partial charge on any atom is -0.341 e. The van der Waals surface area contributed by atoms with Gasteiger partial charge in [-0.2, -0.15) is 0 Å². The average molecular weight is 498 g/mol. The molecule has 0 saturated heterocycles. The maximum atomic E-state index is 13.3. The van der Waals surface area contributed by atoms with Crippen LogP contribution in [0.5, 0.6) is 0 Å². The number of anilines is 1. The first-order valence-electron chi connectivity index (χ1n) is 8.98. The maximum absolute atomic E-state index is 13.3. The number of likely N-dealkylation sites (N-methyl/N-ethyl adjacent to an activating group) is 1. The average Bonchev–Trinajstić information content (AvgIpc) is 3.21. The fourth-order valence-electron chi connectivity index (χ4n) is 3.37. The first kappa shape index (κ1) is 20.1. The molecule has 0 bridgehead atoms. The van der Waals surface area contributed by atoms with Crippen molar-refractivity contribution in [3.8, 4) is 0 Å². The van der Waals surface area contributed by atoms with Gasteiger partial charge in [0.25, 0.3) is 10.0 Å². The van der Waals surface area contributed by atoms with E-state index in [4.69, 9.17) is 0 Å².